The van der Waals surface area contributed by atoms with Gasteiger partial charge in [-0.05, 0) is 43.4 Å². The maximum absolute atomic E-state index is 12.1. The smallest absolute Gasteiger partial charge is 0.335 e. The van der Waals surface area contributed by atoms with E-state index in [1.54, 1.807) is 36.4 Å². The normalized spacial score (nSPS) is 18.7. The Morgan fingerprint density at radius 1 is 1.36 bits per heavy atom. The minimum atomic E-state index is -0.943. The molecule has 2 atom stereocenters. The zero-order valence-electron chi connectivity index (χ0n) is 14.3. The summed E-state index contributed by atoms with van der Waals surface area (Å²) in [4.78, 5) is 24.8. The maximum atomic E-state index is 12.1. The Morgan fingerprint density at radius 2 is 2.08 bits per heavy atom. The van der Waals surface area contributed by atoms with Gasteiger partial charge in [-0.25, -0.2) is 4.79 Å². The summed E-state index contributed by atoms with van der Waals surface area (Å²) in [6.07, 6.45) is 8.30. The number of carbonyl (C=O) groups excluding carboxylic acids is 1. The van der Waals surface area contributed by atoms with Crippen molar-refractivity contribution < 1.29 is 19.8 Å². The van der Waals surface area contributed by atoms with E-state index in [1.165, 1.54) is 0 Å². The van der Waals surface area contributed by atoms with Gasteiger partial charge in [-0.3, -0.25) is 4.79 Å². The van der Waals surface area contributed by atoms with Crippen LogP contribution in [0, 0.1) is 0 Å². The predicted molar refractivity (Wildman–Crippen MR) is 96.4 cm³/mol. The summed E-state index contributed by atoms with van der Waals surface area (Å²) in [6.45, 7) is 4.23. The number of hydrogen-bond donors (Lipinski definition) is 2. The van der Waals surface area contributed by atoms with Crippen molar-refractivity contribution in [1.29, 1.82) is 0 Å². The number of amides is 1. The number of carboxylic acid groups (broad SMARTS) is 1. The van der Waals surface area contributed by atoms with Crippen molar-refractivity contribution in [3.05, 3.63) is 60.2 Å². The van der Waals surface area contributed by atoms with Crippen LogP contribution in [0.25, 0.3) is 0 Å². The highest BCUT2D eigenvalue weighted by Gasteiger charge is 2.28. The van der Waals surface area contributed by atoms with Gasteiger partial charge in [0.15, 0.2) is 0 Å². The van der Waals surface area contributed by atoms with Crippen LogP contribution in [0.1, 0.15) is 41.6 Å². The number of likely N-dealkylation sites (tertiary alicyclic amines) is 1. The number of rotatable bonds is 9. The van der Waals surface area contributed by atoms with Crippen molar-refractivity contribution in [1.82, 2.24) is 4.90 Å². The van der Waals surface area contributed by atoms with E-state index in [9.17, 15) is 14.7 Å². The average Bonchev–Trinajstić information content (AvgIpc) is 2.96. The number of carboxylic acids is 1. The standard InChI is InChI=1S/C20H25NO4/c1-2-3-4-18(22)11-9-17-10-12-19(23)21(17)14-13-15-5-7-16(8-6-15)20(24)25/h2,5-9,11,17-18,22H,1,3-4,10,12-14H2,(H,24,25)/b11-9+/t17-,18-/m0/s1. The number of aliphatic hydroxyl groups excluding tert-OH is 1. The van der Waals surface area contributed by atoms with Gasteiger partial charge in [-0.15, -0.1) is 6.58 Å². The van der Waals surface area contributed by atoms with Crippen LogP contribution in [0.5, 0.6) is 0 Å². The second kappa shape index (κ2) is 9.18. The molecule has 0 unspecified atom stereocenters. The molecule has 1 saturated heterocycles. The summed E-state index contributed by atoms with van der Waals surface area (Å²) in [5.74, 6) is -0.820. The first kappa shape index (κ1) is 18.9. The van der Waals surface area contributed by atoms with Crippen molar-refractivity contribution in [3.63, 3.8) is 0 Å². The monoisotopic (exact) mass is 343 g/mol. The van der Waals surface area contributed by atoms with Gasteiger partial charge in [0.25, 0.3) is 0 Å². The minimum Gasteiger partial charge on any atom is -0.478 e. The highest BCUT2D eigenvalue weighted by molar-refractivity contribution is 5.87. The first-order valence-electron chi connectivity index (χ1n) is 8.60. The Labute approximate surface area is 148 Å². The molecule has 0 aromatic heterocycles. The van der Waals surface area contributed by atoms with Gasteiger partial charge in [-0.2, -0.15) is 0 Å². The van der Waals surface area contributed by atoms with Crippen molar-refractivity contribution >= 4 is 11.9 Å². The molecule has 2 N–H and O–H groups in total. The maximum Gasteiger partial charge on any atom is 0.335 e. The second-order valence-electron chi connectivity index (χ2n) is 6.26. The molecule has 0 spiro atoms. The molecule has 1 aliphatic rings. The van der Waals surface area contributed by atoms with Gasteiger partial charge in [0, 0.05) is 13.0 Å². The molecule has 1 fully saturated rings. The van der Waals surface area contributed by atoms with Crippen LogP contribution >= 0.6 is 0 Å². The van der Waals surface area contributed by atoms with Crippen LogP contribution in [-0.4, -0.2) is 45.7 Å². The Morgan fingerprint density at radius 3 is 2.72 bits per heavy atom. The molecule has 1 aromatic rings. The summed E-state index contributed by atoms with van der Waals surface area (Å²) in [5.41, 5.74) is 1.26. The van der Waals surface area contributed by atoms with Crippen molar-refractivity contribution in [3.8, 4) is 0 Å². The van der Waals surface area contributed by atoms with Crippen molar-refractivity contribution in [2.75, 3.05) is 6.54 Å². The number of carbonyl (C=O) groups is 2. The zero-order chi connectivity index (χ0) is 18.2. The van der Waals surface area contributed by atoms with Crippen LogP contribution in [-0.2, 0) is 11.2 Å². The quantitative estimate of drug-likeness (QED) is 0.676. The minimum absolute atomic E-state index is 0.0178. The molecule has 0 saturated carbocycles. The highest BCUT2D eigenvalue weighted by atomic mass is 16.4. The van der Waals surface area contributed by atoms with Gasteiger partial charge in [0.05, 0.1) is 17.7 Å². The van der Waals surface area contributed by atoms with E-state index in [1.807, 2.05) is 11.0 Å². The summed E-state index contributed by atoms with van der Waals surface area (Å²) in [6, 6.07) is 6.75. The van der Waals surface area contributed by atoms with E-state index in [0.717, 1.165) is 18.4 Å². The van der Waals surface area contributed by atoms with Crippen LogP contribution in [0.2, 0.25) is 0 Å². The molecule has 5 nitrogen and oxygen atoms in total. The number of nitrogens with zero attached hydrogens (tertiary/aromatic N) is 1. The average molecular weight is 343 g/mol. The molecule has 0 bridgehead atoms. The molecule has 0 radical (unpaired) electrons. The Kier molecular flexibility index (Phi) is 6.95. The van der Waals surface area contributed by atoms with Crippen molar-refractivity contribution in [2.45, 2.75) is 44.2 Å². The third kappa shape index (κ3) is 5.57. The predicted octanol–water partition coefficient (Wildman–Crippen LogP) is 2.80. The van der Waals surface area contributed by atoms with E-state index >= 15 is 0 Å². The molecule has 0 aliphatic carbocycles. The fraction of sp³-hybridized carbons (Fsp3) is 0.400. The van der Waals surface area contributed by atoms with E-state index in [4.69, 9.17) is 5.11 Å². The van der Waals surface area contributed by atoms with Gasteiger partial charge in [0.2, 0.25) is 5.91 Å². The molecule has 25 heavy (non-hydrogen) atoms. The molecule has 1 aromatic carbocycles. The van der Waals surface area contributed by atoms with E-state index in [-0.39, 0.29) is 17.5 Å². The second-order valence-corrected chi connectivity index (χ2v) is 6.26. The van der Waals surface area contributed by atoms with Crippen LogP contribution in [0.4, 0.5) is 0 Å². The lowest BCUT2D eigenvalue weighted by Gasteiger charge is -2.22. The van der Waals surface area contributed by atoms with Gasteiger partial charge < -0.3 is 15.1 Å². The fourth-order valence-electron chi connectivity index (χ4n) is 2.95. The lowest BCUT2D eigenvalue weighted by Crippen LogP contribution is -2.33. The fourth-order valence-corrected chi connectivity index (χ4v) is 2.95. The summed E-state index contributed by atoms with van der Waals surface area (Å²) >= 11 is 0. The molecular formula is C20H25NO4. The lowest BCUT2D eigenvalue weighted by atomic mass is 10.1. The first-order valence-corrected chi connectivity index (χ1v) is 8.60. The van der Waals surface area contributed by atoms with E-state index < -0.39 is 12.1 Å². The molecular weight excluding hydrogens is 318 g/mol. The number of aliphatic hydroxyl groups is 1. The Hall–Kier alpha value is -2.40. The summed E-state index contributed by atoms with van der Waals surface area (Å²) in [7, 11) is 0. The van der Waals surface area contributed by atoms with E-state index in [0.29, 0.717) is 25.8 Å². The Balaban J connectivity index is 1.91. The third-order valence-corrected chi connectivity index (χ3v) is 4.44. The van der Waals surface area contributed by atoms with Crippen molar-refractivity contribution in [2.24, 2.45) is 0 Å². The van der Waals surface area contributed by atoms with E-state index in [2.05, 4.69) is 6.58 Å². The SMILES string of the molecule is C=CCC[C@H](O)/C=C/[C@H]1CCC(=O)N1CCc1ccc(C(=O)O)cc1. The van der Waals surface area contributed by atoms with Gasteiger partial charge >= 0.3 is 5.97 Å². The van der Waals surface area contributed by atoms with Crippen LogP contribution < -0.4 is 0 Å². The first-order chi connectivity index (χ1) is 12.0. The molecule has 1 amide bonds. The molecule has 5 heteroatoms. The Bertz CT molecular complexity index is 636. The number of aromatic carboxylic acids is 1. The third-order valence-electron chi connectivity index (χ3n) is 4.44. The summed E-state index contributed by atoms with van der Waals surface area (Å²) in [5, 5.41) is 18.8. The highest BCUT2D eigenvalue weighted by Crippen LogP contribution is 2.21. The van der Waals surface area contributed by atoms with Crippen LogP contribution in [0.15, 0.2) is 49.1 Å². The number of hydrogen-bond acceptors (Lipinski definition) is 3. The topological polar surface area (TPSA) is 77.8 Å². The molecule has 2 rings (SSSR count). The molecule has 1 aliphatic heterocycles. The molecule has 1 heterocycles. The molecule has 134 valence electrons. The summed E-state index contributed by atoms with van der Waals surface area (Å²) < 4.78 is 0. The largest absolute Gasteiger partial charge is 0.478 e. The number of benzene rings is 1. The van der Waals surface area contributed by atoms with Gasteiger partial charge in [0.1, 0.15) is 0 Å². The zero-order valence-corrected chi connectivity index (χ0v) is 14.3. The van der Waals surface area contributed by atoms with Gasteiger partial charge in [-0.1, -0.05) is 30.4 Å². The number of allylic oxidation sites excluding steroid dienone is 1. The van der Waals surface area contributed by atoms with Crippen LogP contribution in [0.3, 0.4) is 0 Å². The lowest BCUT2D eigenvalue weighted by molar-refractivity contribution is -0.128.